The van der Waals surface area contributed by atoms with Gasteiger partial charge in [0.2, 0.25) is 0 Å². The molecule has 0 spiro atoms. The van der Waals surface area contributed by atoms with E-state index < -0.39 is 33.7 Å². The Kier molecular flexibility index (Phi) is 5.20. The van der Waals surface area contributed by atoms with Crippen molar-refractivity contribution in [1.29, 1.82) is 0 Å². The van der Waals surface area contributed by atoms with Crippen molar-refractivity contribution in [2.75, 3.05) is 7.11 Å². The Morgan fingerprint density at radius 2 is 1.81 bits per heavy atom. The Morgan fingerprint density at radius 1 is 1.15 bits per heavy atom. The Hall–Kier alpha value is -2.10. The highest BCUT2D eigenvalue weighted by Crippen LogP contribution is 2.43. The van der Waals surface area contributed by atoms with Crippen LogP contribution in [0, 0.1) is 6.92 Å². The number of alkyl halides is 4. The van der Waals surface area contributed by atoms with Gasteiger partial charge >= 0.3 is 18.1 Å². The number of aryl methyl sites for hydroxylation is 1. The summed E-state index contributed by atoms with van der Waals surface area (Å²) in [5, 5.41) is 0. The number of esters is 2. The molecule has 0 fully saturated rings. The molecule has 8 heteroatoms. The third-order valence-corrected chi connectivity index (χ3v) is 5.46. The summed E-state index contributed by atoms with van der Waals surface area (Å²) >= 11 is 1.72. The third kappa shape index (κ3) is 3.67. The first kappa shape index (κ1) is 19.7. The summed E-state index contributed by atoms with van der Waals surface area (Å²) in [4.78, 5) is 24.6. The van der Waals surface area contributed by atoms with Gasteiger partial charge in [-0.3, -0.25) is 4.79 Å². The van der Waals surface area contributed by atoms with E-state index in [9.17, 15) is 22.8 Å². The molecule has 0 radical (unpaired) electrons. The van der Waals surface area contributed by atoms with Gasteiger partial charge in [0.15, 0.2) is 6.10 Å². The number of benzene rings is 2. The molecule has 0 N–H and O–H groups in total. The van der Waals surface area contributed by atoms with Crippen LogP contribution in [0.15, 0.2) is 36.4 Å². The fourth-order valence-electron chi connectivity index (χ4n) is 2.98. The number of carbonyl (C=O) groups excluding carboxylic acids is 2. The molecule has 1 heterocycles. The molecule has 1 aliphatic heterocycles. The molecule has 2 atom stereocenters. The molecule has 2 aromatic rings. The first-order chi connectivity index (χ1) is 12.6. The lowest BCUT2D eigenvalue weighted by molar-refractivity contribution is -0.141. The Morgan fingerprint density at radius 3 is 2.44 bits per heavy atom. The maximum Gasteiger partial charge on any atom is 0.416 e. The first-order valence-corrected chi connectivity index (χ1v) is 9.13. The molecule has 0 amide bonds. The fourth-order valence-corrected chi connectivity index (χ4v) is 3.77. The second-order valence-corrected chi connectivity index (χ2v) is 7.44. The Bertz CT molecular complexity index is 924. The number of methoxy groups -OCH3 is 1. The van der Waals surface area contributed by atoms with E-state index in [4.69, 9.17) is 9.47 Å². The first-order valence-electron chi connectivity index (χ1n) is 7.88. The van der Waals surface area contributed by atoms with Crippen molar-refractivity contribution >= 4 is 34.5 Å². The summed E-state index contributed by atoms with van der Waals surface area (Å²) in [5.74, 6) is -1.40. The molecule has 4 nitrogen and oxygen atoms in total. The zero-order chi connectivity index (χ0) is 19.9. The van der Waals surface area contributed by atoms with Gasteiger partial charge in [0, 0.05) is 5.56 Å². The van der Waals surface area contributed by atoms with E-state index in [1.165, 1.54) is 6.07 Å². The number of fused-ring (bicyclic) bond motifs is 3. The van der Waals surface area contributed by atoms with Crippen molar-refractivity contribution in [2.24, 2.45) is 0 Å². The summed E-state index contributed by atoms with van der Waals surface area (Å²) in [6.07, 6.45) is -5.78. The van der Waals surface area contributed by atoms with Crippen LogP contribution in [-0.2, 0) is 20.4 Å². The molecule has 0 saturated heterocycles. The Balaban J connectivity index is 2.27. The largest absolute Gasteiger partial charge is 0.468 e. The van der Waals surface area contributed by atoms with Gasteiger partial charge in [0.05, 0.1) is 18.2 Å². The quantitative estimate of drug-likeness (QED) is 0.343. The summed E-state index contributed by atoms with van der Waals surface area (Å²) in [5.41, 5.74) is 1.16. The lowest BCUT2D eigenvalue weighted by Crippen LogP contribution is -2.27. The average Bonchev–Trinajstić information content (AvgIpc) is 2.74. The zero-order valence-electron chi connectivity index (χ0n) is 14.3. The van der Waals surface area contributed by atoms with Crippen LogP contribution >= 0.6 is 22.6 Å². The maximum absolute atomic E-state index is 13.2. The molecule has 0 unspecified atom stereocenters. The SMILES string of the molecule is COC(=O)[C@H](I)[C@@H]1OC(=O)c2cc(C)ccc2-c2ccc(C(F)(F)F)cc21. The smallest absolute Gasteiger partial charge is 0.416 e. The van der Waals surface area contributed by atoms with Crippen LogP contribution in [0.3, 0.4) is 0 Å². The van der Waals surface area contributed by atoms with E-state index in [1.54, 1.807) is 47.7 Å². The van der Waals surface area contributed by atoms with Crippen molar-refractivity contribution in [3.63, 3.8) is 0 Å². The number of halogens is 4. The summed E-state index contributed by atoms with van der Waals surface area (Å²) in [7, 11) is 1.16. The summed E-state index contributed by atoms with van der Waals surface area (Å²) < 4.78 is 48.9. The fraction of sp³-hybridized carbons (Fsp3) is 0.263. The van der Waals surface area contributed by atoms with E-state index in [2.05, 4.69) is 0 Å². The molecule has 0 saturated carbocycles. The Labute approximate surface area is 166 Å². The molecule has 27 heavy (non-hydrogen) atoms. The standard InChI is InChI=1S/C19H14F3IO4/c1-9-3-5-12-11-6-4-10(19(20,21)22)8-13(11)16(15(23)18(25)26-2)27-17(24)14(12)7-9/h3-8,15-16H,1-2H3/t15-,16-/m1/s1. The van der Waals surface area contributed by atoms with Crippen LogP contribution in [0.1, 0.15) is 33.2 Å². The monoisotopic (exact) mass is 490 g/mol. The second-order valence-electron chi connectivity index (χ2n) is 6.10. The van der Waals surface area contributed by atoms with Gasteiger partial charge in [-0.1, -0.05) is 46.4 Å². The third-order valence-electron chi connectivity index (χ3n) is 4.30. The lowest BCUT2D eigenvalue weighted by atomic mass is 9.91. The molecule has 0 bridgehead atoms. The van der Waals surface area contributed by atoms with Gasteiger partial charge in [-0.05, 0) is 36.2 Å². The van der Waals surface area contributed by atoms with Gasteiger partial charge in [-0.25, -0.2) is 4.79 Å². The van der Waals surface area contributed by atoms with E-state index >= 15 is 0 Å². The number of cyclic esters (lactones) is 1. The minimum atomic E-state index is -4.57. The molecule has 3 rings (SSSR count). The van der Waals surface area contributed by atoms with Gasteiger partial charge in [-0.15, -0.1) is 0 Å². The minimum absolute atomic E-state index is 0.116. The molecule has 0 aliphatic carbocycles. The van der Waals surface area contributed by atoms with Crippen LogP contribution in [0.2, 0.25) is 0 Å². The normalized spacial score (nSPS) is 17.3. The van der Waals surface area contributed by atoms with Gasteiger partial charge < -0.3 is 9.47 Å². The molecular weight excluding hydrogens is 476 g/mol. The van der Waals surface area contributed by atoms with Crippen LogP contribution in [0.4, 0.5) is 13.2 Å². The molecular formula is C19H14F3IO4. The highest BCUT2D eigenvalue weighted by atomic mass is 127. The molecule has 1 aliphatic rings. The number of ether oxygens (including phenoxy) is 2. The van der Waals surface area contributed by atoms with Crippen LogP contribution in [0.25, 0.3) is 11.1 Å². The highest BCUT2D eigenvalue weighted by molar-refractivity contribution is 14.1. The van der Waals surface area contributed by atoms with E-state index in [1.807, 2.05) is 0 Å². The van der Waals surface area contributed by atoms with Crippen LogP contribution in [0.5, 0.6) is 0 Å². The lowest BCUT2D eigenvalue weighted by Gasteiger charge is -2.22. The topological polar surface area (TPSA) is 52.6 Å². The van der Waals surface area contributed by atoms with Crippen LogP contribution < -0.4 is 0 Å². The molecule has 142 valence electrons. The van der Waals surface area contributed by atoms with E-state index in [-0.39, 0.29) is 11.1 Å². The number of hydrogen-bond acceptors (Lipinski definition) is 4. The number of hydrogen-bond donors (Lipinski definition) is 0. The zero-order valence-corrected chi connectivity index (χ0v) is 16.4. The molecule has 2 aromatic carbocycles. The number of rotatable bonds is 2. The van der Waals surface area contributed by atoms with E-state index in [0.717, 1.165) is 24.8 Å². The van der Waals surface area contributed by atoms with Crippen molar-refractivity contribution in [3.8, 4) is 11.1 Å². The van der Waals surface area contributed by atoms with Crippen LogP contribution in [-0.4, -0.2) is 23.0 Å². The maximum atomic E-state index is 13.2. The van der Waals surface area contributed by atoms with Crippen molar-refractivity contribution in [3.05, 3.63) is 58.7 Å². The highest BCUT2D eigenvalue weighted by Gasteiger charge is 2.39. The second kappa shape index (κ2) is 7.14. The minimum Gasteiger partial charge on any atom is -0.468 e. The van der Waals surface area contributed by atoms with Crippen molar-refractivity contribution in [1.82, 2.24) is 0 Å². The number of carbonyl (C=O) groups is 2. The van der Waals surface area contributed by atoms with Gasteiger partial charge in [0.1, 0.15) is 3.92 Å². The predicted octanol–water partition coefficient (Wildman–Crippen LogP) is 4.87. The summed E-state index contributed by atoms with van der Waals surface area (Å²) in [6.45, 7) is 1.79. The average molecular weight is 490 g/mol. The van der Waals surface area contributed by atoms with Gasteiger partial charge in [-0.2, -0.15) is 13.2 Å². The van der Waals surface area contributed by atoms with Crippen molar-refractivity contribution in [2.45, 2.75) is 23.1 Å². The summed E-state index contributed by atoms with van der Waals surface area (Å²) in [6, 6.07) is 8.23. The molecule has 0 aromatic heterocycles. The van der Waals surface area contributed by atoms with Gasteiger partial charge in [0.25, 0.3) is 0 Å². The van der Waals surface area contributed by atoms with E-state index in [0.29, 0.717) is 11.1 Å². The predicted molar refractivity (Wildman–Crippen MR) is 99.6 cm³/mol. The van der Waals surface area contributed by atoms with Crippen molar-refractivity contribution < 1.29 is 32.2 Å².